The van der Waals surface area contributed by atoms with Gasteiger partial charge in [-0.3, -0.25) is 4.79 Å². The van der Waals surface area contributed by atoms with E-state index in [0.29, 0.717) is 18.0 Å². The smallest absolute Gasteiger partial charge is 0.242 e. The molecule has 1 amide bonds. The number of methoxy groups -OCH3 is 1. The number of likely N-dealkylation sites (N-methyl/N-ethyl adjacent to an activating group) is 1. The minimum Gasteiger partial charge on any atom is -0.495 e. The Morgan fingerprint density at radius 1 is 1.22 bits per heavy atom. The van der Waals surface area contributed by atoms with E-state index in [1.54, 1.807) is 7.11 Å². The highest BCUT2D eigenvalue weighted by molar-refractivity contribution is 5.83. The predicted octanol–water partition coefficient (Wildman–Crippen LogP) is 0.804. The summed E-state index contributed by atoms with van der Waals surface area (Å²) in [6.07, 6.45) is 2.05. The monoisotopic (exact) mass is 318 g/mol. The maximum Gasteiger partial charge on any atom is 0.242 e. The molecule has 1 aromatic rings. The Kier molecular flexibility index (Phi) is 4.61. The number of carbonyl (C=O) groups is 1. The Bertz CT molecular complexity index is 582. The fraction of sp³-hybridized carbons (Fsp3) is 0.588. The molecular weight excluding hydrogens is 292 g/mol. The minimum absolute atomic E-state index is 0.210. The summed E-state index contributed by atoms with van der Waals surface area (Å²) in [5.74, 6) is 0.893. The van der Waals surface area contributed by atoms with E-state index in [2.05, 4.69) is 16.8 Å². The van der Waals surface area contributed by atoms with Gasteiger partial charge in [-0.1, -0.05) is 0 Å². The average molecular weight is 318 g/mol. The molecule has 2 aliphatic rings. The van der Waals surface area contributed by atoms with Crippen LogP contribution in [0.4, 0.5) is 11.4 Å². The van der Waals surface area contributed by atoms with Gasteiger partial charge in [-0.05, 0) is 31.5 Å². The average Bonchev–Trinajstić information content (AvgIpc) is 2.55. The second-order valence-electron chi connectivity index (χ2n) is 6.43. The van der Waals surface area contributed by atoms with Crippen LogP contribution >= 0.6 is 0 Å². The number of hydrogen-bond donors (Lipinski definition) is 1. The number of amides is 1. The number of nitrogens with zero attached hydrogens (tertiary/aromatic N) is 3. The molecule has 2 aliphatic heterocycles. The maximum atomic E-state index is 12.6. The number of nitrogens with two attached hydrogens (primary N) is 1. The van der Waals surface area contributed by atoms with Crippen molar-refractivity contribution in [2.24, 2.45) is 0 Å². The van der Waals surface area contributed by atoms with Crippen LogP contribution in [0.5, 0.6) is 5.75 Å². The lowest BCUT2D eigenvalue weighted by atomic mass is 10.0. The molecular formula is C17H26N4O2. The zero-order valence-electron chi connectivity index (χ0n) is 14.0. The van der Waals surface area contributed by atoms with Gasteiger partial charge in [0.1, 0.15) is 5.75 Å². The van der Waals surface area contributed by atoms with Gasteiger partial charge in [-0.25, -0.2) is 0 Å². The van der Waals surface area contributed by atoms with Gasteiger partial charge in [-0.2, -0.15) is 0 Å². The van der Waals surface area contributed by atoms with Crippen LogP contribution in [-0.2, 0) is 11.2 Å². The molecule has 1 aromatic carbocycles. The summed E-state index contributed by atoms with van der Waals surface area (Å²) in [7, 11) is 3.72. The molecule has 2 heterocycles. The third-order valence-electron chi connectivity index (χ3n) is 4.83. The highest BCUT2D eigenvalue weighted by atomic mass is 16.5. The number of nitrogen functional groups attached to an aromatic ring is 1. The molecule has 126 valence electrons. The molecule has 0 bridgehead atoms. The van der Waals surface area contributed by atoms with Crippen LogP contribution in [0.1, 0.15) is 12.0 Å². The van der Waals surface area contributed by atoms with Crippen LogP contribution < -0.4 is 15.4 Å². The van der Waals surface area contributed by atoms with E-state index in [1.165, 1.54) is 5.56 Å². The van der Waals surface area contributed by atoms with E-state index in [0.717, 1.165) is 51.3 Å². The molecule has 0 unspecified atom stereocenters. The fourth-order valence-electron chi connectivity index (χ4n) is 3.37. The van der Waals surface area contributed by atoms with E-state index >= 15 is 0 Å². The molecule has 0 spiro atoms. The van der Waals surface area contributed by atoms with E-state index in [-0.39, 0.29) is 5.91 Å². The Labute approximate surface area is 137 Å². The van der Waals surface area contributed by atoms with E-state index < -0.39 is 0 Å². The number of benzene rings is 1. The third kappa shape index (κ3) is 3.37. The third-order valence-corrected chi connectivity index (χ3v) is 4.83. The molecule has 0 aromatic heterocycles. The van der Waals surface area contributed by atoms with Crippen LogP contribution in [0.3, 0.4) is 0 Å². The first-order valence-electron chi connectivity index (χ1n) is 8.26. The van der Waals surface area contributed by atoms with Crippen molar-refractivity contribution in [2.45, 2.75) is 12.8 Å². The number of anilines is 2. The summed E-state index contributed by atoms with van der Waals surface area (Å²) in [5.41, 5.74) is 8.97. The van der Waals surface area contributed by atoms with Crippen LogP contribution in [0, 0.1) is 0 Å². The quantitative estimate of drug-likeness (QED) is 0.836. The lowest BCUT2D eigenvalue weighted by Crippen LogP contribution is -2.50. The van der Waals surface area contributed by atoms with E-state index in [1.807, 2.05) is 17.0 Å². The Balaban J connectivity index is 1.74. The molecule has 2 N–H and O–H groups in total. The van der Waals surface area contributed by atoms with Gasteiger partial charge >= 0.3 is 0 Å². The summed E-state index contributed by atoms with van der Waals surface area (Å²) in [4.78, 5) is 19.0. The number of aryl methyl sites for hydroxylation is 1. The number of ether oxygens (including phenoxy) is 1. The van der Waals surface area contributed by atoms with Crippen molar-refractivity contribution in [1.82, 2.24) is 9.80 Å². The summed E-state index contributed by atoms with van der Waals surface area (Å²) in [6, 6.07) is 3.96. The van der Waals surface area contributed by atoms with Gasteiger partial charge in [-0.15, -0.1) is 0 Å². The van der Waals surface area contributed by atoms with Crippen molar-refractivity contribution in [3.05, 3.63) is 17.7 Å². The van der Waals surface area contributed by atoms with Gasteiger partial charge in [0.05, 0.1) is 19.3 Å². The van der Waals surface area contributed by atoms with Crippen molar-refractivity contribution in [3.8, 4) is 5.75 Å². The molecule has 0 aliphatic carbocycles. The second-order valence-corrected chi connectivity index (χ2v) is 6.43. The van der Waals surface area contributed by atoms with Crippen LogP contribution in [0.15, 0.2) is 12.1 Å². The molecule has 6 heteroatoms. The topological polar surface area (TPSA) is 62.0 Å². The minimum atomic E-state index is 0.210. The lowest BCUT2D eigenvalue weighted by Gasteiger charge is -2.36. The highest BCUT2D eigenvalue weighted by Crippen LogP contribution is 2.35. The van der Waals surface area contributed by atoms with Gasteiger partial charge in [0, 0.05) is 44.5 Å². The summed E-state index contributed by atoms with van der Waals surface area (Å²) in [6.45, 7) is 4.88. The molecule has 23 heavy (non-hydrogen) atoms. The van der Waals surface area contributed by atoms with Gasteiger partial charge in [0.15, 0.2) is 0 Å². The first-order valence-corrected chi connectivity index (χ1v) is 8.26. The standard InChI is InChI=1S/C17H26N4O2/c1-19-6-8-20(9-7-19)17(22)12-21-5-3-4-13-10-14(18)16(23-2)11-15(13)21/h10-11H,3-9,12,18H2,1-2H3. The van der Waals surface area contributed by atoms with Crippen molar-refractivity contribution in [1.29, 1.82) is 0 Å². The number of piperazine rings is 1. The van der Waals surface area contributed by atoms with Crippen molar-refractivity contribution in [2.75, 3.05) is 64.1 Å². The van der Waals surface area contributed by atoms with Crippen LogP contribution in [0.2, 0.25) is 0 Å². The van der Waals surface area contributed by atoms with Crippen molar-refractivity contribution >= 4 is 17.3 Å². The number of hydrogen-bond acceptors (Lipinski definition) is 5. The summed E-state index contributed by atoms with van der Waals surface area (Å²) in [5, 5.41) is 0. The van der Waals surface area contributed by atoms with Gasteiger partial charge in [0.25, 0.3) is 0 Å². The SMILES string of the molecule is COc1cc2c(cc1N)CCCN2CC(=O)N1CCN(C)CC1. The second kappa shape index (κ2) is 6.66. The zero-order chi connectivity index (χ0) is 16.4. The molecule has 6 nitrogen and oxygen atoms in total. The maximum absolute atomic E-state index is 12.6. The summed E-state index contributed by atoms with van der Waals surface area (Å²) >= 11 is 0. The summed E-state index contributed by atoms with van der Waals surface area (Å²) < 4.78 is 5.34. The molecule has 0 atom stereocenters. The van der Waals surface area contributed by atoms with Gasteiger partial charge in [0.2, 0.25) is 5.91 Å². The Morgan fingerprint density at radius 3 is 2.65 bits per heavy atom. The van der Waals surface area contributed by atoms with Crippen molar-refractivity contribution in [3.63, 3.8) is 0 Å². The molecule has 3 rings (SSSR count). The number of rotatable bonds is 3. The molecule has 1 saturated heterocycles. The first-order chi connectivity index (χ1) is 11.1. The van der Waals surface area contributed by atoms with Crippen molar-refractivity contribution < 1.29 is 9.53 Å². The lowest BCUT2D eigenvalue weighted by molar-refractivity contribution is -0.131. The van der Waals surface area contributed by atoms with Gasteiger partial charge < -0.3 is 25.2 Å². The number of fused-ring (bicyclic) bond motifs is 1. The normalized spacial score (nSPS) is 18.7. The van der Waals surface area contributed by atoms with E-state index in [9.17, 15) is 4.79 Å². The highest BCUT2D eigenvalue weighted by Gasteiger charge is 2.25. The molecule has 0 radical (unpaired) electrons. The molecule has 1 fully saturated rings. The van der Waals surface area contributed by atoms with E-state index in [4.69, 9.17) is 10.5 Å². The largest absolute Gasteiger partial charge is 0.495 e. The number of carbonyl (C=O) groups excluding carboxylic acids is 1. The zero-order valence-corrected chi connectivity index (χ0v) is 14.0. The Hall–Kier alpha value is -1.95. The van der Waals surface area contributed by atoms with Crippen LogP contribution in [0.25, 0.3) is 0 Å². The Morgan fingerprint density at radius 2 is 1.96 bits per heavy atom. The fourth-order valence-corrected chi connectivity index (χ4v) is 3.37. The predicted molar refractivity (Wildman–Crippen MR) is 92.0 cm³/mol. The first kappa shape index (κ1) is 15.9. The van der Waals surface area contributed by atoms with Crippen LogP contribution in [-0.4, -0.2) is 69.1 Å². The molecule has 0 saturated carbocycles.